The van der Waals surface area contributed by atoms with Crippen LogP contribution in [0.15, 0.2) is 83.1 Å². The molecule has 1 aliphatic rings. The number of fused-ring (bicyclic) bond motifs is 8. The van der Waals surface area contributed by atoms with Crippen LogP contribution in [0.4, 0.5) is 0 Å². The largest absolute Gasteiger partial charge is 0.512 e. The molecule has 0 fully saturated rings. The standard InChI is InChI=1S/C31H24NOS.C15H28O2.Ir/c1-17(2)18-12-13-24-23(16-18)19-14-15-32-28(29(19)33-24)21-9-7-10-22-26(21)31(3,4)27-20-8-5-6-11-25(20)34-30(22)27;1-7-14(5,8-2)12(16)11-13(17)15(6,9-3)10-4;/h5-8,10-17H,1-4H3;11,16H,7-10H2,1-6H3;/q-1;;/b;12-11-;. The number of pyridine rings is 1. The first kappa shape index (κ1) is 39.6. The molecule has 0 aliphatic heterocycles. The Bertz CT molecular complexity index is 2280. The molecule has 6 aromatic rings. The van der Waals surface area contributed by atoms with E-state index in [-0.39, 0.29) is 47.9 Å². The van der Waals surface area contributed by atoms with Crippen LogP contribution in [0.2, 0.25) is 0 Å². The molecule has 4 nitrogen and oxygen atoms in total. The Hall–Kier alpha value is -3.57. The van der Waals surface area contributed by atoms with Crippen LogP contribution >= 0.6 is 11.3 Å². The number of rotatable bonds is 9. The normalized spacial score (nSPS) is 13.9. The second-order valence-corrected chi connectivity index (χ2v) is 16.6. The molecule has 3 aromatic heterocycles. The summed E-state index contributed by atoms with van der Waals surface area (Å²) in [5, 5.41) is 13.8. The molecule has 1 N–H and O–H groups in total. The maximum absolute atomic E-state index is 12.2. The molecule has 3 aromatic carbocycles. The van der Waals surface area contributed by atoms with Crippen LogP contribution in [0.5, 0.6) is 0 Å². The van der Waals surface area contributed by atoms with E-state index in [9.17, 15) is 9.90 Å². The van der Waals surface area contributed by atoms with E-state index in [1.807, 2.05) is 65.1 Å². The fraction of sp³-hybridized carbons (Fsp3) is 0.391. The monoisotopic (exact) mass is 891 g/mol. The molecular weight excluding hydrogens is 839 g/mol. The number of thiophene rings is 1. The number of allylic oxidation sites excluding steroid dienone is 2. The molecule has 0 bridgehead atoms. The molecule has 275 valence electrons. The van der Waals surface area contributed by atoms with Crippen molar-refractivity contribution in [3.8, 4) is 21.7 Å². The summed E-state index contributed by atoms with van der Waals surface area (Å²) in [6, 6.07) is 25.2. The van der Waals surface area contributed by atoms with Gasteiger partial charge in [0, 0.05) is 69.3 Å². The summed E-state index contributed by atoms with van der Waals surface area (Å²) in [6.07, 6.45) is 6.67. The minimum Gasteiger partial charge on any atom is -0.512 e. The smallest absolute Gasteiger partial charge is 0.164 e. The van der Waals surface area contributed by atoms with E-state index >= 15 is 0 Å². The molecule has 1 radical (unpaired) electrons. The fourth-order valence-electron chi connectivity index (χ4n) is 7.45. The average Bonchev–Trinajstić information content (AvgIpc) is 3.79. The van der Waals surface area contributed by atoms with Crippen molar-refractivity contribution in [3.63, 3.8) is 0 Å². The van der Waals surface area contributed by atoms with E-state index in [4.69, 9.17) is 9.40 Å². The van der Waals surface area contributed by atoms with Gasteiger partial charge in [0.15, 0.2) is 5.78 Å². The molecule has 3 heterocycles. The summed E-state index contributed by atoms with van der Waals surface area (Å²) >= 11 is 1.89. The summed E-state index contributed by atoms with van der Waals surface area (Å²) in [5.41, 5.74) is 8.25. The number of benzene rings is 3. The predicted octanol–water partition coefficient (Wildman–Crippen LogP) is 13.7. The Morgan fingerprint density at radius 3 is 2.25 bits per heavy atom. The van der Waals surface area contributed by atoms with Gasteiger partial charge in [0.25, 0.3) is 0 Å². The molecule has 0 saturated heterocycles. The first-order valence-electron chi connectivity index (χ1n) is 18.6. The van der Waals surface area contributed by atoms with Crippen molar-refractivity contribution in [1.29, 1.82) is 0 Å². The van der Waals surface area contributed by atoms with Gasteiger partial charge in [-0.15, -0.1) is 40.7 Å². The summed E-state index contributed by atoms with van der Waals surface area (Å²) in [4.78, 5) is 18.4. The Kier molecular flexibility index (Phi) is 11.5. The van der Waals surface area contributed by atoms with Crippen molar-refractivity contribution in [2.24, 2.45) is 10.8 Å². The third-order valence-electron chi connectivity index (χ3n) is 12.0. The van der Waals surface area contributed by atoms with Crippen LogP contribution in [0.25, 0.3) is 53.7 Å². The Balaban J connectivity index is 0.000000250. The molecule has 7 rings (SSSR count). The van der Waals surface area contributed by atoms with E-state index in [1.54, 1.807) is 0 Å². The topological polar surface area (TPSA) is 63.3 Å². The maximum Gasteiger partial charge on any atom is 0.164 e. The molecule has 1 aliphatic carbocycles. The van der Waals surface area contributed by atoms with Crippen LogP contribution in [-0.2, 0) is 30.3 Å². The van der Waals surface area contributed by atoms with E-state index in [0.29, 0.717) is 5.92 Å². The van der Waals surface area contributed by atoms with Gasteiger partial charge < -0.3 is 14.5 Å². The van der Waals surface area contributed by atoms with Gasteiger partial charge in [-0.25, -0.2) is 0 Å². The van der Waals surface area contributed by atoms with Gasteiger partial charge in [-0.2, -0.15) is 0 Å². The number of carbonyl (C=O) groups excluding carboxylic acids is 1. The second kappa shape index (κ2) is 15.0. The summed E-state index contributed by atoms with van der Waals surface area (Å²) < 4.78 is 7.80. The predicted molar refractivity (Wildman–Crippen MR) is 216 cm³/mol. The van der Waals surface area contributed by atoms with Gasteiger partial charge in [-0.05, 0) is 77.8 Å². The quantitative estimate of drug-likeness (QED) is 0.0892. The van der Waals surface area contributed by atoms with Crippen molar-refractivity contribution in [3.05, 3.63) is 101 Å². The van der Waals surface area contributed by atoms with E-state index in [0.717, 1.165) is 58.9 Å². The number of ketones is 1. The van der Waals surface area contributed by atoms with E-state index in [1.165, 1.54) is 43.3 Å². The van der Waals surface area contributed by atoms with E-state index in [2.05, 4.69) is 88.4 Å². The Morgan fingerprint density at radius 2 is 1.60 bits per heavy atom. The van der Waals surface area contributed by atoms with Gasteiger partial charge in [-0.3, -0.25) is 4.79 Å². The Morgan fingerprint density at radius 1 is 0.923 bits per heavy atom. The van der Waals surface area contributed by atoms with Crippen LogP contribution in [0, 0.1) is 16.9 Å². The van der Waals surface area contributed by atoms with Gasteiger partial charge in [0.1, 0.15) is 16.9 Å². The molecule has 0 saturated carbocycles. The van der Waals surface area contributed by atoms with Gasteiger partial charge in [0.05, 0.1) is 0 Å². The number of nitrogens with zero attached hydrogens (tertiary/aromatic N) is 1. The van der Waals surface area contributed by atoms with Crippen LogP contribution in [-0.4, -0.2) is 15.9 Å². The number of carbonyl (C=O) groups is 1. The van der Waals surface area contributed by atoms with Gasteiger partial charge in [0.2, 0.25) is 0 Å². The summed E-state index contributed by atoms with van der Waals surface area (Å²) in [5.74, 6) is 0.754. The van der Waals surface area contributed by atoms with Crippen LogP contribution in [0.1, 0.15) is 118 Å². The number of aliphatic hydroxyl groups is 1. The number of aromatic nitrogens is 1. The molecule has 6 heteroatoms. The first-order chi connectivity index (χ1) is 24.2. The zero-order chi connectivity index (χ0) is 36.9. The third-order valence-corrected chi connectivity index (χ3v) is 13.2. The fourth-order valence-corrected chi connectivity index (χ4v) is 8.84. The Labute approximate surface area is 327 Å². The van der Waals surface area contributed by atoms with Crippen molar-refractivity contribution < 1.29 is 34.4 Å². The number of aliphatic hydroxyl groups excluding tert-OH is 1. The SMILES string of the molecule is CC(C)c1ccc2oc3c(-c4[c-]ccc5c4C(C)(C)c4c-5sc5ccccc45)nccc3c2c1.CCC(C)(CC)C(=O)/C=C(\O)C(C)(CC)CC.[Ir]. The second-order valence-electron chi connectivity index (χ2n) is 15.5. The third kappa shape index (κ3) is 6.61. The van der Waals surface area contributed by atoms with Crippen molar-refractivity contribution >= 4 is 49.1 Å². The van der Waals surface area contributed by atoms with Gasteiger partial charge >= 0.3 is 0 Å². The van der Waals surface area contributed by atoms with E-state index < -0.39 is 0 Å². The number of hydrogen-bond acceptors (Lipinski definition) is 5. The summed E-state index contributed by atoms with van der Waals surface area (Å²) in [6.45, 7) is 21.2. The summed E-state index contributed by atoms with van der Waals surface area (Å²) in [7, 11) is 0. The van der Waals surface area contributed by atoms with Crippen molar-refractivity contribution in [2.45, 2.75) is 106 Å². The zero-order valence-corrected chi connectivity index (χ0v) is 35.5. The molecular formula is C46H52IrNO3S-. The zero-order valence-electron chi connectivity index (χ0n) is 32.3. The molecule has 0 unspecified atom stereocenters. The van der Waals surface area contributed by atoms with Crippen LogP contribution in [0.3, 0.4) is 0 Å². The molecule has 0 spiro atoms. The minimum atomic E-state index is -0.337. The number of furan rings is 1. The molecule has 52 heavy (non-hydrogen) atoms. The van der Waals surface area contributed by atoms with Crippen LogP contribution < -0.4 is 0 Å². The molecule has 0 amide bonds. The molecule has 0 atom stereocenters. The van der Waals surface area contributed by atoms with Crippen molar-refractivity contribution in [1.82, 2.24) is 4.98 Å². The number of hydrogen-bond donors (Lipinski definition) is 1. The maximum atomic E-state index is 12.2. The average molecular weight is 891 g/mol. The van der Waals surface area contributed by atoms with Gasteiger partial charge in [-0.1, -0.05) is 99.1 Å². The van der Waals surface area contributed by atoms with Crippen molar-refractivity contribution in [2.75, 3.05) is 0 Å². The first-order valence-corrected chi connectivity index (χ1v) is 19.4. The minimum absolute atomic E-state index is 0.